The zero-order valence-corrected chi connectivity index (χ0v) is 12.0. The number of nitrogen functional groups attached to an aromatic ring is 1. The molecule has 0 unspecified atom stereocenters. The molecular weight excluding hydrogens is 290 g/mol. The predicted octanol–water partition coefficient (Wildman–Crippen LogP) is 0.591. The van der Waals surface area contributed by atoms with E-state index in [0.29, 0.717) is 17.8 Å². The number of nitrogens with two attached hydrogens (primary N) is 1. The van der Waals surface area contributed by atoms with Crippen LogP contribution in [0.5, 0.6) is 0 Å². The lowest BCUT2D eigenvalue weighted by molar-refractivity contribution is 0.0956. The highest BCUT2D eigenvalue weighted by atomic mass is 35.5. The second-order valence-corrected chi connectivity index (χ2v) is 6.14. The molecule has 0 atom stereocenters. The number of amides is 1. The third kappa shape index (κ3) is 5.06. The Hall–Kier alpha value is -1.31. The summed E-state index contributed by atoms with van der Waals surface area (Å²) in [5, 5.41) is 2.79. The van der Waals surface area contributed by atoms with Crippen molar-refractivity contribution in [2.75, 3.05) is 24.6 Å². The Morgan fingerprint density at radius 2 is 2.11 bits per heavy atom. The number of hydrogen-bond acceptors (Lipinski definition) is 4. The van der Waals surface area contributed by atoms with Crippen molar-refractivity contribution in [2.45, 2.75) is 6.92 Å². The second-order valence-electron chi connectivity index (χ2n) is 3.81. The van der Waals surface area contributed by atoms with Crippen molar-refractivity contribution in [3.05, 3.63) is 28.8 Å². The van der Waals surface area contributed by atoms with Crippen LogP contribution in [0.4, 0.5) is 5.69 Å². The number of carbonyl (C=O) groups is 1. The molecule has 0 heterocycles. The third-order valence-electron chi connectivity index (χ3n) is 2.28. The third-order valence-corrected chi connectivity index (χ3v) is 4.08. The van der Waals surface area contributed by atoms with E-state index in [2.05, 4.69) is 10.0 Å². The smallest absolute Gasteiger partial charge is 0.251 e. The lowest BCUT2D eigenvalue weighted by Crippen LogP contribution is -2.34. The molecule has 0 spiro atoms. The lowest BCUT2D eigenvalue weighted by atomic mass is 10.2. The number of benzene rings is 1. The maximum absolute atomic E-state index is 11.7. The molecule has 0 aliphatic rings. The average molecular weight is 306 g/mol. The van der Waals surface area contributed by atoms with Crippen LogP contribution in [0.15, 0.2) is 18.2 Å². The van der Waals surface area contributed by atoms with Crippen LogP contribution in [-0.2, 0) is 10.0 Å². The molecule has 1 amide bonds. The molecule has 106 valence electrons. The Bertz CT molecular complexity index is 560. The summed E-state index contributed by atoms with van der Waals surface area (Å²) in [5.41, 5.74) is 6.24. The molecule has 1 aromatic rings. The van der Waals surface area contributed by atoms with E-state index < -0.39 is 15.9 Å². The lowest BCUT2D eigenvalue weighted by Gasteiger charge is -2.07. The molecule has 0 radical (unpaired) electrons. The molecule has 1 rings (SSSR count). The number of anilines is 1. The van der Waals surface area contributed by atoms with Gasteiger partial charge in [0.1, 0.15) is 0 Å². The fraction of sp³-hybridized carbons (Fsp3) is 0.364. The highest BCUT2D eigenvalue weighted by molar-refractivity contribution is 7.89. The van der Waals surface area contributed by atoms with Gasteiger partial charge in [0.15, 0.2) is 0 Å². The van der Waals surface area contributed by atoms with Crippen molar-refractivity contribution in [2.24, 2.45) is 0 Å². The summed E-state index contributed by atoms with van der Waals surface area (Å²) >= 11 is 5.79. The summed E-state index contributed by atoms with van der Waals surface area (Å²) in [6.45, 7) is 2.03. The summed E-state index contributed by atoms with van der Waals surface area (Å²) < 4.78 is 25.0. The molecule has 1 aromatic carbocycles. The first-order chi connectivity index (χ1) is 8.85. The van der Waals surface area contributed by atoms with Gasteiger partial charge >= 0.3 is 0 Å². The van der Waals surface area contributed by atoms with Crippen molar-refractivity contribution < 1.29 is 13.2 Å². The standard InChI is InChI=1S/C11H16ClN3O3S/c1-2-15-19(17,18)6-5-14-11(16)8-3-4-10(13)9(12)7-8/h3-4,7,15H,2,5-6,13H2,1H3,(H,14,16). The molecule has 0 aliphatic heterocycles. The van der Waals surface area contributed by atoms with Gasteiger partial charge in [0.05, 0.1) is 16.5 Å². The largest absolute Gasteiger partial charge is 0.398 e. The second kappa shape index (κ2) is 6.74. The first kappa shape index (κ1) is 15.7. The molecule has 0 aliphatic carbocycles. The molecule has 0 aromatic heterocycles. The van der Waals surface area contributed by atoms with Gasteiger partial charge in [-0.15, -0.1) is 0 Å². The van der Waals surface area contributed by atoms with E-state index in [1.165, 1.54) is 18.2 Å². The fourth-order valence-corrected chi connectivity index (χ4v) is 2.50. The monoisotopic (exact) mass is 305 g/mol. The fourth-order valence-electron chi connectivity index (χ4n) is 1.36. The van der Waals surface area contributed by atoms with Gasteiger partial charge in [-0.1, -0.05) is 18.5 Å². The Morgan fingerprint density at radius 3 is 2.68 bits per heavy atom. The van der Waals surface area contributed by atoms with Gasteiger partial charge in [-0.05, 0) is 18.2 Å². The van der Waals surface area contributed by atoms with Gasteiger partial charge in [-0.2, -0.15) is 0 Å². The van der Waals surface area contributed by atoms with Crippen molar-refractivity contribution in [3.63, 3.8) is 0 Å². The summed E-state index contributed by atoms with van der Waals surface area (Å²) in [5.74, 6) is -0.566. The van der Waals surface area contributed by atoms with Crippen LogP contribution in [0.3, 0.4) is 0 Å². The first-order valence-electron chi connectivity index (χ1n) is 5.66. The van der Waals surface area contributed by atoms with Gasteiger partial charge < -0.3 is 11.1 Å². The van der Waals surface area contributed by atoms with Crippen molar-refractivity contribution in [3.8, 4) is 0 Å². The Morgan fingerprint density at radius 1 is 1.42 bits per heavy atom. The zero-order chi connectivity index (χ0) is 14.5. The van der Waals surface area contributed by atoms with E-state index >= 15 is 0 Å². The molecule has 19 heavy (non-hydrogen) atoms. The average Bonchev–Trinajstić information content (AvgIpc) is 2.32. The van der Waals surface area contributed by atoms with Crippen LogP contribution in [0.2, 0.25) is 5.02 Å². The highest BCUT2D eigenvalue weighted by Gasteiger charge is 2.11. The summed E-state index contributed by atoms with van der Waals surface area (Å²) in [6, 6.07) is 4.48. The summed E-state index contributed by atoms with van der Waals surface area (Å²) in [4.78, 5) is 11.7. The van der Waals surface area contributed by atoms with Crippen LogP contribution >= 0.6 is 11.6 Å². The number of nitrogens with one attached hydrogen (secondary N) is 2. The minimum absolute atomic E-state index is 0.0240. The number of halogens is 1. The van der Waals surface area contributed by atoms with Crippen LogP contribution in [-0.4, -0.2) is 33.2 Å². The molecule has 0 bridgehead atoms. The topological polar surface area (TPSA) is 101 Å². The number of hydrogen-bond donors (Lipinski definition) is 3. The highest BCUT2D eigenvalue weighted by Crippen LogP contribution is 2.19. The van der Waals surface area contributed by atoms with Crippen LogP contribution in [0, 0.1) is 0 Å². The normalized spacial score (nSPS) is 11.3. The Balaban J connectivity index is 2.54. The minimum Gasteiger partial charge on any atom is -0.398 e. The van der Waals surface area contributed by atoms with Gasteiger partial charge in [0, 0.05) is 18.7 Å². The molecule has 0 fully saturated rings. The molecule has 4 N–H and O–H groups in total. The van der Waals surface area contributed by atoms with Crippen LogP contribution < -0.4 is 15.8 Å². The molecule has 0 saturated heterocycles. The van der Waals surface area contributed by atoms with Gasteiger partial charge in [0.2, 0.25) is 10.0 Å². The van der Waals surface area contributed by atoms with E-state index in [9.17, 15) is 13.2 Å². The van der Waals surface area contributed by atoms with Gasteiger partial charge in [0.25, 0.3) is 5.91 Å². The summed E-state index contributed by atoms with van der Waals surface area (Å²) in [6.07, 6.45) is 0. The Kier molecular flexibility index (Phi) is 5.59. The van der Waals surface area contributed by atoms with Crippen molar-refractivity contribution in [1.29, 1.82) is 0 Å². The SMILES string of the molecule is CCNS(=O)(=O)CCNC(=O)c1ccc(N)c(Cl)c1. The van der Waals surface area contributed by atoms with E-state index in [1.54, 1.807) is 6.92 Å². The predicted molar refractivity (Wildman–Crippen MR) is 75.7 cm³/mol. The van der Waals surface area contributed by atoms with Crippen LogP contribution in [0.25, 0.3) is 0 Å². The number of rotatable bonds is 6. The minimum atomic E-state index is -3.34. The molecule has 0 saturated carbocycles. The van der Waals surface area contributed by atoms with Gasteiger partial charge in [-0.3, -0.25) is 4.79 Å². The maximum atomic E-state index is 11.7. The molecular formula is C11H16ClN3O3S. The molecule has 6 nitrogen and oxygen atoms in total. The van der Waals surface area contributed by atoms with E-state index in [1.807, 2.05) is 0 Å². The van der Waals surface area contributed by atoms with Gasteiger partial charge in [-0.25, -0.2) is 13.1 Å². The quantitative estimate of drug-likeness (QED) is 0.670. The number of carbonyl (C=O) groups excluding carboxylic acids is 1. The maximum Gasteiger partial charge on any atom is 0.251 e. The molecule has 8 heteroatoms. The van der Waals surface area contributed by atoms with Crippen LogP contribution in [0.1, 0.15) is 17.3 Å². The zero-order valence-electron chi connectivity index (χ0n) is 10.4. The van der Waals surface area contributed by atoms with E-state index in [-0.39, 0.29) is 17.3 Å². The van der Waals surface area contributed by atoms with Crippen molar-refractivity contribution in [1.82, 2.24) is 10.0 Å². The van der Waals surface area contributed by atoms with Crippen molar-refractivity contribution >= 4 is 33.2 Å². The first-order valence-corrected chi connectivity index (χ1v) is 7.69. The Labute approximate surface area is 117 Å². The summed E-state index contributed by atoms with van der Waals surface area (Å²) in [7, 11) is -3.34. The van der Waals surface area contributed by atoms with E-state index in [4.69, 9.17) is 17.3 Å². The number of sulfonamides is 1. The van der Waals surface area contributed by atoms with E-state index in [0.717, 1.165) is 0 Å².